The average molecular weight is 472 g/mol. The molecule has 0 radical (unpaired) electrons. The third kappa shape index (κ3) is 5.32. The van der Waals surface area contributed by atoms with Gasteiger partial charge in [-0.1, -0.05) is 55.5 Å². The molecular formula is C27H25N3O3S. The van der Waals surface area contributed by atoms with Gasteiger partial charge in [-0.2, -0.15) is 0 Å². The van der Waals surface area contributed by atoms with E-state index in [9.17, 15) is 9.59 Å². The van der Waals surface area contributed by atoms with Gasteiger partial charge in [-0.25, -0.2) is 4.98 Å². The number of hydrogen-bond donors (Lipinski definition) is 1. The number of thiazole rings is 1. The number of nitrogens with zero attached hydrogens (tertiary/aromatic N) is 2. The van der Waals surface area contributed by atoms with E-state index in [1.165, 1.54) is 18.3 Å². The van der Waals surface area contributed by atoms with Crippen molar-refractivity contribution >= 4 is 39.7 Å². The zero-order chi connectivity index (χ0) is 23.9. The van der Waals surface area contributed by atoms with Crippen molar-refractivity contribution in [3.63, 3.8) is 0 Å². The molecule has 0 unspecified atom stereocenters. The minimum absolute atomic E-state index is 0.106. The van der Waals surface area contributed by atoms with Gasteiger partial charge in [0.05, 0.1) is 16.9 Å². The first kappa shape index (κ1) is 23.2. The summed E-state index contributed by atoms with van der Waals surface area (Å²) in [4.78, 5) is 31.5. The zero-order valence-electron chi connectivity index (χ0n) is 19.0. The van der Waals surface area contributed by atoms with Crippen LogP contribution in [-0.4, -0.2) is 16.8 Å². The van der Waals surface area contributed by atoms with Crippen molar-refractivity contribution in [3.05, 3.63) is 101 Å². The smallest absolute Gasteiger partial charge is 0.259 e. The topological polar surface area (TPSA) is 71.5 Å². The van der Waals surface area contributed by atoms with Crippen LogP contribution in [-0.2, 0) is 17.8 Å². The molecule has 4 aromatic rings. The molecule has 7 heteroatoms. The van der Waals surface area contributed by atoms with Gasteiger partial charge in [-0.05, 0) is 42.3 Å². The highest BCUT2D eigenvalue weighted by molar-refractivity contribution is 7.14. The molecule has 0 spiro atoms. The van der Waals surface area contributed by atoms with Crippen LogP contribution in [0, 0.1) is 0 Å². The quantitative estimate of drug-likeness (QED) is 0.331. The molecule has 1 N–H and O–H groups in total. The zero-order valence-corrected chi connectivity index (χ0v) is 19.8. The molecule has 3 aromatic carbocycles. The Labute approximate surface area is 202 Å². The van der Waals surface area contributed by atoms with Gasteiger partial charge in [-0.3, -0.25) is 14.5 Å². The normalized spacial score (nSPS) is 10.5. The van der Waals surface area contributed by atoms with Crippen LogP contribution in [0.2, 0.25) is 0 Å². The maximum Gasteiger partial charge on any atom is 0.259 e. The number of aryl methyl sites for hydroxylation is 1. The minimum Gasteiger partial charge on any atom is -0.486 e. The Morgan fingerprint density at radius 3 is 2.44 bits per heavy atom. The van der Waals surface area contributed by atoms with Crippen LogP contribution in [0.3, 0.4) is 0 Å². The molecule has 0 aliphatic rings. The van der Waals surface area contributed by atoms with Crippen LogP contribution in [0.25, 0.3) is 0 Å². The van der Waals surface area contributed by atoms with E-state index in [1.54, 1.807) is 23.1 Å². The number of para-hydroxylation sites is 3. The Bertz CT molecular complexity index is 1290. The monoisotopic (exact) mass is 471 g/mol. The van der Waals surface area contributed by atoms with Gasteiger partial charge < -0.3 is 10.1 Å². The SMILES string of the molecule is CCc1ccccc1N(C(C)=O)c1nc(COc2ccccc2C(=O)Nc2ccccc2)cs1. The first-order chi connectivity index (χ1) is 16.6. The van der Waals surface area contributed by atoms with Crippen molar-refractivity contribution in [3.8, 4) is 5.75 Å². The summed E-state index contributed by atoms with van der Waals surface area (Å²) in [5, 5.41) is 5.33. The van der Waals surface area contributed by atoms with Crippen LogP contribution in [0.1, 0.15) is 35.5 Å². The molecule has 0 aliphatic carbocycles. The number of rotatable bonds is 8. The lowest BCUT2D eigenvalue weighted by atomic mass is 10.1. The van der Waals surface area contributed by atoms with Gasteiger partial charge in [0.2, 0.25) is 5.91 Å². The van der Waals surface area contributed by atoms with Crippen molar-refractivity contribution in [2.24, 2.45) is 0 Å². The highest BCUT2D eigenvalue weighted by atomic mass is 32.1. The molecule has 0 atom stereocenters. The summed E-state index contributed by atoms with van der Waals surface area (Å²) in [6.45, 7) is 3.77. The highest BCUT2D eigenvalue weighted by Crippen LogP contribution is 2.32. The lowest BCUT2D eigenvalue weighted by Crippen LogP contribution is -2.23. The fraction of sp³-hybridized carbons (Fsp3) is 0.148. The second-order valence-corrected chi connectivity index (χ2v) is 8.40. The van der Waals surface area contributed by atoms with E-state index in [1.807, 2.05) is 66.0 Å². The van der Waals surface area contributed by atoms with Crippen LogP contribution in [0.15, 0.2) is 84.2 Å². The van der Waals surface area contributed by atoms with Crippen molar-refractivity contribution < 1.29 is 14.3 Å². The van der Waals surface area contributed by atoms with Gasteiger partial charge in [-0.15, -0.1) is 11.3 Å². The molecule has 4 rings (SSSR count). The van der Waals surface area contributed by atoms with Gasteiger partial charge >= 0.3 is 0 Å². The Hall–Kier alpha value is -3.97. The van der Waals surface area contributed by atoms with Gasteiger partial charge in [0.1, 0.15) is 12.4 Å². The lowest BCUT2D eigenvalue weighted by molar-refractivity contribution is -0.115. The Morgan fingerprint density at radius 1 is 0.971 bits per heavy atom. The van der Waals surface area contributed by atoms with Crippen molar-refractivity contribution in [1.29, 1.82) is 0 Å². The van der Waals surface area contributed by atoms with Gasteiger partial charge in [0, 0.05) is 18.0 Å². The molecule has 1 aromatic heterocycles. The molecule has 6 nitrogen and oxygen atoms in total. The molecule has 1 heterocycles. The number of benzene rings is 3. The molecule has 0 saturated heterocycles. The van der Waals surface area contributed by atoms with E-state index in [-0.39, 0.29) is 18.4 Å². The number of aromatic nitrogens is 1. The molecule has 0 saturated carbocycles. The highest BCUT2D eigenvalue weighted by Gasteiger charge is 2.20. The number of hydrogen-bond acceptors (Lipinski definition) is 5. The van der Waals surface area contributed by atoms with E-state index in [0.717, 1.165) is 17.7 Å². The molecule has 34 heavy (non-hydrogen) atoms. The van der Waals surface area contributed by atoms with Crippen LogP contribution in [0.5, 0.6) is 5.75 Å². The largest absolute Gasteiger partial charge is 0.486 e. The van der Waals surface area contributed by atoms with Crippen molar-refractivity contribution in [2.75, 3.05) is 10.2 Å². The number of carbonyl (C=O) groups is 2. The molecule has 172 valence electrons. The van der Waals surface area contributed by atoms with E-state index in [4.69, 9.17) is 4.74 Å². The average Bonchev–Trinajstić information content (AvgIpc) is 3.32. The predicted molar refractivity (Wildman–Crippen MR) is 136 cm³/mol. The van der Waals surface area contributed by atoms with E-state index >= 15 is 0 Å². The van der Waals surface area contributed by atoms with Gasteiger partial charge in [0.15, 0.2) is 5.13 Å². The Morgan fingerprint density at radius 2 is 1.68 bits per heavy atom. The molecule has 0 aliphatic heterocycles. The Balaban J connectivity index is 1.50. The second kappa shape index (κ2) is 10.8. The number of nitrogens with one attached hydrogen (secondary N) is 1. The summed E-state index contributed by atoms with van der Waals surface area (Å²) in [5.41, 5.74) is 3.73. The number of amides is 2. The summed E-state index contributed by atoms with van der Waals surface area (Å²) in [6, 6.07) is 24.2. The molecule has 0 fully saturated rings. The predicted octanol–water partition coefficient (Wildman–Crippen LogP) is 6.22. The summed E-state index contributed by atoms with van der Waals surface area (Å²) in [5.74, 6) is 0.107. The van der Waals surface area contributed by atoms with E-state index in [0.29, 0.717) is 27.8 Å². The first-order valence-electron chi connectivity index (χ1n) is 11.0. The minimum atomic E-state index is -0.250. The van der Waals surface area contributed by atoms with Crippen molar-refractivity contribution in [1.82, 2.24) is 4.98 Å². The standard InChI is InChI=1S/C27H25N3O3S/c1-3-20-11-7-9-15-24(20)30(19(2)31)27-29-22(18-34-27)17-33-25-16-10-8-14-23(25)26(32)28-21-12-5-4-6-13-21/h4-16,18H,3,17H2,1-2H3,(H,28,32). The molecule has 2 amide bonds. The maximum absolute atomic E-state index is 12.8. The maximum atomic E-state index is 12.8. The van der Waals surface area contributed by atoms with Gasteiger partial charge in [0.25, 0.3) is 5.91 Å². The number of anilines is 3. The van der Waals surface area contributed by atoms with Crippen LogP contribution >= 0.6 is 11.3 Å². The van der Waals surface area contributed by atoms with Crippen LogP contribution in [0.4, 0.5) is 16.5 Å². The summed E-state index contributed by atoms with van der Waals surface area (Å²) in [7, 11) is 0. The Kier molecular flexibility index (Phi) is 7.34. The summed E-state index contributed by atoms with van der Waals surface area (Å²) in [6.07, 6.45) is 0.809. The summed E-state index contributed by atoms with van der Waals surface area (Å²) < 4.78 is 5.97. The van der Waals surface area contributed by atoms with Crippen LogP contribution < -0.4 is 15.0 Å². The molecular weight excluding hydrogens is 446 g/mol. The molecule has 0 bridgehead atoms. The lowest BCUT2D eigenvalue weighted by Gasteiger charge is -2.21. The first-order valence-corrected chi connectivity index (χ1v) is 11.9. The van der Waals surface area contributed by atoms with E-state index < -0.39 is 0 Å². The fourth-order valence-corrected chi connectivity index (χ4v) is 4.42. The summed E-state index contributed by atoms with van der Waals surface area (Å²) >= 11 is 1.38. The van der Waals surface area contributed by atoms with Crippen molar-refractivity contribution in [2.45, 2.75) is 26.9 Å². The number of ether oxygens (including phenoxy) is 1. The number of carbonyl (C=O) groups excluding carboxylic acids is 2. The third-order valence-corrected chi connectivity index (χ3v) is 6.07. The van der Waals surface area contributed by atoms with E-state index in [2.05, 4.69) is 17.2 Å². The third-order valence-electron chi connectivity index (χ3n) is 5.20. The second-order valence-electron chi connectivity index (χ2n) is 7.56. The fourth-order valence-electron chi connectivity index (χ4n) is 3.55.